The molecule has 23 heavy (non-hydrogen) atoms. The number of pyridine rings is 1. The standard InChI is InChI=1S/C17H18Cl2N2O2/c1-11(2)9-16(22)20-15-7-4-8-21(17(15)23)10-12-13(18)5-3-6-14(12)19/h3-8,11H,9-10H2,1-2H3,(H,20,22). The zero-order chi connectivity index (χ0) is 17.0. The SMILES string of the molecule is CC(C)CC(=O)Nc1cccn(Cc2c(Cl)cccc2Cl)c1=O. The molecule has 1 amide bonds. The van der Waals surface area contributed by atoms with Gasteiger partial charge < -0.3 is 9.88 Å². The smallest absolute Gasteiger partial charge is 0.274 e. The lowest BCUT2D eigenvalue weighted by Gasteiger charge is -2.12. The summed E-state index contributed by atoms with van der Waals surface area (Å²) in [4.78, 5) is 24.3. The van der Waals surface area contributed by atoms with E-state index >= 15 is 0 Å². The van der Waals surface area contributed by atoms with Gasteiger partial charge in [0.05, 0.1) is 6.54 Å². The van der Waals surface area contributed by atoms with Gasteiger partial charge in [0.15, 0.2) is 0 Å². The summed E-state index contributed by atoms with van der Waals surface area (Å²) in [6.07, 6.45) is 2.00. The second-order valence-electron chi connectivity index (χ2n) is 5.70. The fourth-order valence-corrected chi connectivity index (χ4v) is 2.70. The molecule has 0 aliphatic rings. The van der Waals surface area contributed by atoms with Gasteiger partial charge in [0.2, 0.25) is 5.91 Å². The average Bonchev–Trinajstić information content (AvgIpc) is 2.46. The van der Waals surface area contributed by atoms with Crippen molar-refractivity contribution in [3.63, 3.8) is 0 Å². The minimum atomic E-state index is -0.291. The number of hydrogen-bond acceptors (Lipinski definition) is 2. The molecule has 0 radical (unpaired) electrons. The Bertz CT molecular complexity index is 749. The third-order valence-corrected chi connectivity index (χ3v) is 3.99. The lowest BCUT2D eigenvalue weighted by atomic mass is 10.1. The van der Waals surface area contributed by atoms with Crippen molar-refractivity contribution in [2.45, 2.75) is 26.8 Å². The first-order valence-corrected chi connectivity index (χ1v) is 8.06. The summed E-state index contributed by atoms with van der Waals surface area (Å²) in [5.74, 6) is 0.0495. The number of benzene rings is 1. The lowest BCUT2D eigenvalue weighted by Crippen LogP contribution is -2.26. The molecule has 1 N–H and O–H groups in total. The number of nitrogens with one attached hydrogen (secondary N) is 1. The number of carbonyl (C=O) groups excluding carboxylic acids is 1. The molecule has 0 unspecified atom stereocenters. The van der Waals surface area contributed by atoms with Crippen LogP contribution in [0.5, 0.6) is 0 Å². The van der Waals surface area contributed by atoms with Crippen LogP contribution in [0.3, 0.4) is 0 Å². The fourth-order valence-electron chi connectivity index (χ4n) is 2.18. The normalized spacial score (nSPS) is 10.8. The zero-order valence-electron chi connectivity index (χ0n) is 13.0. The van der Waals surface area contributed by atoms with Crippen molar-refractivity contribution < 1.29 is 4.79 Å². The molecule has 122 valence electrons. The van der Waals surface area contributed by atoms with Crippen LogP contribution in [0.4, 0.5) is 5.69 Å². The van der Waals surface area contributed by atoms with E-state index in [1.165, 1.54) is 4.57 Å². The fraction of sp³-hybridized carbons (Fsp3) is 0.294. The van der Waals surface area contributed by atoms with Gasteiger partial charge in [0, 0.05) is 28.2 Å². The van der Waals surface area contributed by atoms with Crippen LogP contribution in [0, 0.1) is 5.92 Å². The van der Waals surface area contributed by atoms with E-state index in [9.17, 15) is 9.59 Å². The highest BCUT2D eigenvalue weighted by Gasteiger charge is 2.11. The van der Waals surface area contributed by atoms with Crippen LogP contribution in [-0.2, 0) is 11.3 Å². The minimum Gasteiger partial charge on any atom is -0.321 e. The first-order chi connectivity index (χ1) is 10.9. The molecule has 0 atom stereocenters. The van der Waals surface area contributed by atoms with Gasteiger partial charge in [-0.2, -0.15) is 0 Å². The number of rotatable bonds is 5. The number of aromatic nitrogens is 1. The number of nitrogens with zero attached hydrogens (tertiary/aromatic N) is 1. The highest BCUT2D eigenvalue weighted by atomic mass is 35.5. The average molecular weight is 353 g/mol. The second kappa shape index (κ2) is 7.66. The third-order valence-electron chi connectivity index (χ3n) is 3.28. The van der Waals surface area contributed by atoms with Gasteiger partial charge >= 0.3 is 0 Å². The molecule has 2 aromatic rings. The van der Waals surface area contributed by atoms with E-state index in [2.05, 4.69) is 5.32 Å². The Kier molecular flexibility index (Phi) is 5.85. The van der Waals surface area contributed by atoms with Crippen LogP contribution in [0.2, 0.25) is 10.0 Å². The molecule has 0 bridgehead atoms. The third kappa shape index (κ3) is 4.60. The molecule has 0 aliphatic carbocycles. The van der Waals surface area contributed by atoms with Crippen molar-refractivity contribution in [2.24, 2.45) is 5.92 Å². The molecule has 1 aromatic heterocycles. The summed E-state index contributed by atoms with van der Waals surface area (Å²) in [6, 6.07) is 8.49. The first-order valence-electron chi connectivity index (χ1n) is 7.30. The molecule has 2 rings (SSSR count). The number of anilines is 1. The number of hydrogen-bond donors (Lipinski definition) is 1. The van der Waals surface area contributed by atoms with E-state index in [0.29, 0.717) is 22.0 Å². The maximum atomic E-state index is 12.5. The van der Waals surface area contributed by atoms with Crippen molar-refractivity contribution >= 4 is 34.8 Å². The number of amides is 1. The Labute approximate surface area is 145 Å². The van der Waals surface area contributed by atoms with E-state index in [1.807, 2.05) is 13.8 Å². The Morgan fingerprint density at radius 3 is 2.43 bits per heavy atom. The van der Waals surface area contributed by atoms with Gasteiger partial charge in [-0.05, 0) is 30.2 Å². The van der Waals surface area contributed by atoms with Crippen molar-refractivity contribution in [1.82, 2.24) is 4.57 Å². The van der Waals surface area contributed by atoms with Gasteiger partial charge in [0.1, 0.15) is 5.69 Å². The van der Waals surface area contributed by atoms with Gasteiger partial charge in [-0.25, -0.2) is 0 Å². The number of carbonyl (C=O) groups is 1. The van der Waals surface area contributed by atoms with Crippen LogP contribution in [0.25, 0.3) is 0 Å². The predicted molar refractivity (Wildman–Crippen MR) is 94.4 cm³/mol. The van der Waals surface area contributed by atoms with E-state index in [1.54, 1.807) is 36.5 Å². The van der Waals surface area contributed by atoms with Crippen molar-refractivity contribution in [2.75, 3.05) is 5.32 Å². The quantitative estimate of drug-likeness (QED) is 0.876. The van der Waals surface area contributed by atoms with Crippen molar-refractivity contribution in [3.05, 3.63) is 62.5 Å². The molecule has 1 heterocycles. The van der Waals surface area contributed by atoms with E-state index in [-0.39, 0.29) is 29.6 Å². The summed E-state index contributed by atoms with van der Waals surface area (Å²) in [6.45, 7) is 4.13. The van der Waals surface area contributed by atoms with Crippen LogP contribution in [0.15, 0.2) is 41.3 Å². The molecular formula is C17H18Cl2N2O2. The predicted octanol–water partition coefficient (Wildman–Crippen LogP) is 4.19. The molecule has 1 aromatic carbocycles. The van der Waals surface area contributed by atoms with E-state index in [0.717, 1.165) is 0 Å². The summed E-state index contributed by atoms with van der Waals surface area (Å²) < 4.78 is 1.47. The zero-order valence-corrected chi connectivity index (χ0v) is 14.5. The first kappa shape index (κ1) is 17.6. The van der Waals surface area contributed by atoms with E-state index < -0.39 is 0 Å². The van der Waals surface area contributed by atoms with Crippen molar-refractivity contribution in [3.8, 4) is 0 Å². The molecule has 6 heteroatoms. The monoisotopic (exact) mass is 352 g/mol. The van der Waals surface area contributed by atoms with Crippen LogP contribution < -0.4 is 10.9 Å². The Morgan fingerprint density at radius 2 is 1.83 bits per heavy atom. The summed E-state index contributed by atoms with van der Waals surface area (Å²) in [7, 11) is 0. The van der Waals surface area contributed by atoms with Gasteiger partial charge in [0.25, 0.3) is 5.56 Å². The van der Waals surface area contributed by atoms with Crippen LogP contribution >= 0.6 is 23.2 Å². The lowest BCUT2D eigenvalue weighted by molar-refractivity contribution is -0.116. The highest BCUT2D eigenvalue weighted by molar-refractivity contribution is 6.35. The van der Waals surface area contributed by atoms with Crippen LogP contribution in [-0.4, -0.2) is 10.5 Å². The molecule has 0 aliphatic heterocycles. The molecule has 4 nitrogen and oxygen atoms in total. The molecule has 0 spiro atoms. The Morgan fingerprint density at radius 1 is 1.17 bits per heavy atom. The molecule has 0 saturated carbocycles. The summed E-state index contributed by atoms with van der Waals surface area (Å²) in [5.41, 5.74) is 0.630. The maximum Gasteiger partial charge on any atom is 0.274 e. The van der Waals surface area contributed by atoms with Crippen molar-refractivity contribution in [1.29, 1.82) is 0 Å². The second-order valence-corrected chi connectivity index (χ2v) is 6.52. The largest absolute Gasteiger partial charge is 0.321 e. The van der Waals surface area contributed by atoms with Crippen LogP contribution in [0.1, 0.15) is 25.8 Å². The Hall–Kier alpha value is -1.78. The van der Waals surface area contributed by atoms with E-state index in [4.69, 9.17) is 23.2 Å². The molecular weight excluding hydrogens is 335 g/mol. The van der Waals surface area contributed by atoms with Gasteiger partial charge in [-0.3, -0.25) is 9.59 Å². The highest BCUT2D eigenvalue weighted by Crippen LogP contribution is 2.24. The summed E-state index contributed by atoms with van der Waals surface area (Å²) in [5, 5.41) is 3.66. The Balaban J connectivity index is 2.27. The van der Waals surface area contributed by atoms with Gasteiger partial charge in [-0.1, -0.05) is 43.1 Å². The number of halogens is 2. The van der Waals surface area contributed by atoms with Gasteiger partial charge in [-0.15, -0.1) is 0 Å². The maximum absolute atomic E-state index is 12.5. The molecule has 0 saturated heterocycles. The topological polar surface area (TPSA) is 51.1 Å². The summed E-state index contributed by atoms with van der Waals surface area (Å²) >= 11 is 12.3. The molecule has 0 fully saturated rings. The minimum absolute atomic E-state index is 0.175.